The SMILES string of the molecule is CC(C)Oc1ccc(C(Br)c2cc(Br)cc(Br)c2)cc1. The van der Waals surface area contributed by atoms with Gasteiger partial charge in [0.15, 0.2) is 0 Å². The lowest BCUT2D eigenvalue weighted by Crippen LogP contribution is -2.05. The van der Waals surface area contributed by atoms with E-state index in [1.54, 1.807) is 0 Å². The molecule has 0 amide bonds. The Hall–Kier alpha value is -0.320. The van der Waals surface area contributed by atoms with Crippen LogP contribution in [0.5, 0.6) is 5.75 Å². The maximum atomic E-state index is 5.66. The number of hydrogen-bond acceptors (Lipinski definition) is 1. The standard InChI is InChI=1S/C16H15Br3O/c1-10(2)20-15-5-3-11(4-6-15)16(19)12-7-13(17)9-14(18)8-12/h3-10,16H,1-2H3. The van der Waals surface area contributed by atoms with E-state index in [0.717, 1.165) is 14.7 Å². The van der Waals surface area contributed by atoms with Crippen LogP contribution in [-0.4, -0.2) is 6.10 Å². The summed E-state index contributed by atoms with van der Waals surface area (Å²) in [4.78, 5) is 0.157. The predicted molar refractivity (Wildman–Crippen MR) is 94.8 cm³/mol. The van der Waals surface area contributed by atoms with Crippen LogP contribution in [0, 0.1) is 0 Å². The molecule has 2 rings (SSSR count). The summed E-state index contributed by atoms with van der Waals surface area (Å²) in [5.74, 6) is 0.902. The van der Waals surface area contributed by atoms with Crippen LogP contribution in [0.15, 0.2) is 51.4 Å². The van der Waals surface area contributed by atoms with E-state index >= 15 is 0 Å². The van der Waals surface area contributed by atoms with Gasteiger partial charge in [0.2, 0.25) is 0 Å². The lowest BCUT2D eigenvalue weighted by atomic mass is 10.0. The van der Waals surface area contributed by atoms with Crippen LogP contribution in [-0.2, 0) is 0 Å². The summed E-state index contributed by atoms with van der Waals surface area (Å²) >= 11 is 10.8. The molecule has 0 saturated carbocycles. The number of halogens is 3. The Morgan fingerprint density at radius 3 is 1.90 bits per heavy atom. The maximum absolute atomic E-state index is 5.66. The molecule has 2 aromatic rings. The van der Waals surface area contributed by atoms with E-state index in [1.807, 2.05) is 32.0 Å². The molecule has 4 heteroatoms. The molecule has 106 valence electrons. The molecule has 0 bridgehead atoms. The number of rotatable bonds is 4. The minimum absolute atomic E-state index is 0.157. The van der Waals surface area contributed by atoms with Crippen molar-refractivity contribution in [2.24, 2.45) is 0 Å². The monoisotopic (exact) mass is 460 g/mol. The fourth-order valence-corrected chi connectivity index (χ4v) is 3.80. The Bertz CT molecular complexity index is 559. The van der Waals surface area contributed by atoms with Gasteiger partial charge in [0.25, 0.3) is 0 Å². The number of benzene rings is 2. The first-order valence-corrected chi connectivity index (χ1v) is 8.82. The molecule has 0 heterocycles. The molecule has 0 fully saturated rings. The Kier molecular flexibility index (Phi) is 5.70. The number of ether oxygens (including phenoxy) is 1. The highest BCUT2D eigenvalue weighted by Crippen LogP contribution is 2.34. The van der Waals surface area contributed by atoms with Gasteiger partial charge >= 0.3 is 0 Å². The molecular formula is C16H15Br3O. The van der Waals surface area contributed by atoms with E-state index in [1.165, 1.54) is 11.1 Å². The van der Waals surface area contributed by atoms with Gasteiger partial charge in [-0.25, -0.2) is 0 Å². The molecule has 1 atom stereocenters. The van der Waals surface area contributed by atoms with Crippen LogP contribution in [0.25, 0.3) is 0 Å². The highest BCUT2D eigenvalue weighted by molar-refractivity contribution is 9.11. The summed E-state index contributed by atoms with van der Waals surface area (Å²) in [7, 11) is 0. The topological polar surface area (TPSA) is 9.23 Å². The maximum Gasteiger partial charge on any atom is 0.119 e. The van der Waals surface area contributed by atoms with Crippen molar-refractivity contribution in [1.82, 2.24) is 0 Å². The van der Waals surface area contributed by atoms with E-state index < -0.39 is 0 Å². The largest absolute Gasteiger partial charge is 0.491 e. The van der Waals surface area contributed by atoms with Gasteiger partial charge < -0.3 is 4.74 Å². The van der Waals surface area contributed by atoms with Gasteiger partial charge in [0.1, 0.15) is 5.75 Å². The fourth-order valence-electron chi connectivity index (χ4n) is 1.90. The van der Waals surface area contributed by atoms with Crippen molar-refractivity contribution in [2.75, 3.05) is 0 Å². The summed E-state index contributed by atoms with van der Waals surface area (Å²) in [5.41, 5.74) is 2.40. The van der Waals surface area contributed by atoms with Crippen molar-refractivity contribution in [3.8, 4) is 5.75 Å². The van der Waals surface area contributed by atoms with E-state index in [9.17, 15) is 0 Å². The first kappa shape index (κ1) is 16.1. The van der Waals surface area contributed by atoms with Crippen molar-refractivity contribution < 1.29 is 4.74 Å². The zero-order chi connectivity index (χ0) is 14.7. The lowest BCUT2D eigenvalue weighted by molar-refractivity contribution is 0.242. The normalized spacial score (nSPS) is 12.5. The van der Waals surface area contributed by atoms with E-state index in [0.29, 0.717) is 0 Å². The lowest BCUT2D eigenvalue weighted by Gasteiger charge is -2.14. The first-order valence-electron chi connectivity index (χ1n) is 6.32. The Morgan fingerprint density at radius 1 is 0.850 bits per heavy atom. The van der Waals surface area contributed by atoms with Crippen molar-refractivity contribution in [3.63, 3.8) is 0 Å². The molecule has 1 unspecified atom stereocenters. The average Bonchev–Trinajstić information content (AvgIpc) is 2.37. The zero-order valence-corrected chi connectivity index (χ0v) is 16.0. The van der Waals surface area contributed by atoms with Crippen LogP contribution in [0.2, 0.25) is 0 Å². The Balaban J connectivity index is 2.22. The van der Waals surface area contributed by atoms with E-state index in [2.05, 4.69) is 72.1 Å². The second kappa shape index (κ2) is 7.10. The second-order valence-electron chi connectivity index (χ2n) is 4.80. The van der Waals surface area contributed by atoms with Gasteiger partial charge in [-0.05, 0) is 55.3 Å². The van der Waals surface area contributed by atoms with Crippen LogP contribution in [0.4, 0.5) is 0 Å². The van der Waals surface area contributed by atoms with Gasteiger partial charge in [0.05, 0.1) is 10.9 Å². The summed E-state index contributed by atoms with van der Waals surface area (Å²) in [5, 5.41) is 0. The highest BCUT2D eigenvalue weighted by Gasteiger charge is 2.12. The first-order chi connectivity index (χ1) is 9.45. The molecule has 0 aliphatic carbocycles. The predicted octanol–water partition coefficient (Wildman–Crippen LogP) is 6.48. The molecule has 0 aliphatic rings. The van der Waals surface area contributed by atoms with Crippen molar-refractivity contribution in [3.05, 3.63) is 62.5 Å². The molecule has 2 aromatic carbocycles. The fraction of sp³-hybridized carbons (Fsp3) is 0.250. The van der Waals surface area contributed by atoms with Crippen molar-refractivity contribution >= 4 is 47.8 Å². The smallest absolute Gasteiger partial charge is 0.119 e. The van der Waals surface area contributed by atoms with E-state index in [4.69, 9.17) is 4.74 Å². The van der Waals surface area contributed by atoms with E-state index in [-0.39, 0.29) is 10.9 Å². The molecule has 0 saturated heterocycles. The van der Waals surface area contributed by atoms with Gasteiger partial charge in [0, 0.05) is 8.95 Å². The second-order valence-corrected chi connectivity index (χ2v) is 7.55. The van der Waals surface area contributed by atoms with Gasteiger partial charge in [-0.1, -0.05) is 59.9 Å². The molecule has 0 radical (unpaired) electrons. The summed E-state index contributed by atoms with van der Waals surface area (Å²) in [6.45, 7) is 4.06. The van der Waals surface area contributed by atoms with Gasteiger partial charge in [-0.2, -0.15) is 0 Å². The Labute approximate surface area is 145 Å². The minimum Gasteiger partial charge on any atom is -0.491 e. The molecule has 0 spiro atoms. The third-order valence-corrected chi connectivity index (χ3v) is 4.70. The van der Waals surface area contributed by atoms with Crippen LogP contribution >= 0.6 is 47.8 Å². The number of alkyl halides is 1. The number of hydrogen-bond donors (Lipinski definition) is 0. The molecule has 1 nitrogen and oxygen atoms in total. The summed E-state index contributed by atoms with van der Waals surface area (Å²) in [6, 6.07) is 14.5. The highest BCUT2D eigenvalue weighted by atomic mass is 79.9. The minimum atomic E-state index is 0.157. The third kappa shape index (κ3) is 4.34. The zero-order valence-electron chi connectivity index (χ0n) is 11.2. The van der Waals surface area contributed by atoms with Crippen LogP contribution < -0.4 is 4.74 Å². The van der Waals surface area contributed by atoms with Gasteiger partial charge in [-0.15, -0.1) is 0 Å². The van der Waals surface area contributed by atoms with Gasteiger partial charge in [-0.3, -0.25) is 0 Å². The summed E-state index contributed by atoms with van der Waals surface area (Å²) < 4.78 is 7.78. The van der Waals surface area contributed by atoms with Crippen molar-refractivity contribution in [2.45, 2.75) is 24.8 Å². The third-order valence-electron chi connectivity index (χ3n) is 2.72. The average molecular weight is 463 g/mol. The molecule has 0 aliphatic heterocycles. The van der Waals surface area contributed by atoms with Crippen LogP contribution in [0.1, 0.15) is 29.8 Å². The molecular weight excluding hydrogens is 448 g/mol. The molecule has 0 aromatic heterocycles. The molecule has 0 N–H and O–H groups in total. The summed E-state index contributed by atoms with van der Waals surface area (Å²) in [6.07, 6.45) is 0.196. The van der Waals surface area contributed by atoms with Crippen LogP contribution in [0.3, 0.4) is 0 Å². The Morgan fingerprint density at radius 2 is 1.40 bits per heavy atom. The van der Waals surface area contributed by atoms with Crippen molar-refractivity contribution in [1.29, 1.82) is 0 Å². The molecule has 20 heavy (non-hydrogen) atoms. The quantitative estimate of drug-likeness (QED) is 0.472.